The molecule has 10 nitrogen and oxygen atoms in total. The summed E-state index contributed by atoms with van der Waals surface area (Å²) in [5.74, 6) is -2.48. The zero-order chi connectivity index (χ0) is 18.5. The standard InChI is InChI=1S/2C10H7NO2.Fe.4H2O/c2*12-10(13)9-8-4-2-1-3-7(8)5-6-11-9;;;;;/h2*1-6H,(H,12,13);;4*1H2/q;;+2;;;;. The first-order chi connectivity index (χ1) is 12.6. The minimum atomic E-state index is -1.24. The Kier molecular flexibility index (Phi) is 15.1. The van der Waals surface area contributed by atoms with Gasteiger partial charge in [-0.1, -0.05) is 48.5 Å². The molecule has 0 atom stereocenters. The number of aromatic carboxylic acids is 2. The molecule has 0 aliphatic carbocycles. The molecule has 0 aliphatic rings. The fraction of sp³-hybridized carbons (Fsp3) is 0. The van der Waals surface area contributed by atoms with E-state index in [1.807, 2.05) is 24.3 Å². The van der Waals surface area contributed by atoms with Crippen molar-refractivity contribution in [1.29, 1.82) is 0 Å². The van der Waals surface area contributed by atoms with E-state index in [-0.39, 0.29) is 50.4 Å². The van der Waals surface area contributed by atoms with E-state index in [1.54, 1.807) is 36.4 Å². The summed E-state index contributed by atoms with van der Waals surface area (Å²) in [5.41, 5.74) is -0.00352. The van der Waals surface area contributed by atoms with Crippen molar-refractivity contribution in [2.75, 3.05) is 0 Å². The van der Waals surface area contributed by atoms with Crippen LogP contribution in [0, 0.1) is 0 Å². The van der Waals surface area contributed by atoms with Crippen molar-refractivity contribution in [3.63, 3.8) is 0 Å². The molecule has 2 aromatic carbocycles. The average molecular weight is 474 g/mol. The first kappa shape index (κ1) is 32.2. The molecule has 2 aromatic heterocycles. The number of carboxylic acid groups (broad SMARTS) is 2. The number of aromatic nitrogens is 2. The summed E-state index contributed by atoms with van der Waals surface area (Å²) in [6, 6.07) is 17.9. The second kappa shape index (κ2) is 14.5. The minimum Gasteiger partial charge on any atom is -0.543 e. The number of hydrogen-bond donors (Lipinski definition) is 0. The summed E-state index contributed by atoms with van der Waals surface area (Å²) in [7, 11) is 0. The molecule has 0 spiro atoms. The maximum Gasteiger partial charge on any atom is 2.00 e. The zero-order valence-electron chi connectivity index (χ0n) is 16.0. The van der Waals surface area contributed by atoms with E-state index in [9.17, 15) is 19.8 Å². The number of fused-ring (bicyclic) bond motifs is 2. The predicted octanol–water partition coefficient (Wildman–Crippen LogP) is -2.30. The van der Waals surface area contributed by atoms with Gasteiger partial charge in [0.15, 0.2) is 0 Å². The Labute approximate surface area is 186 Å². The number of nitrogens with zero attached hydrogens (tertiary/aromatic N) is 2. The minimum absolute atomic E-state index is 0. The van der Waals surface area contributed by atoms with E-state index in [1.165, 1.54) is 12.4 Å². The van der Waals surface area contributed by atoms with Crippen LogP contribution in [-0.2, 0) is 28.0 Å². The second-order valence-electron chi connectivity index (χ2n) is 5.34. The smallest absolute Gasteiger partial charge is 0.543 e. The van der Waals surface area contributed by atoms with Gasteiger partial charge in [-0.25, -0.2) is 0 Å². The third-order valence-corrected chi connectivity index (χ3v) is 3.73. The number of rotatable bonds is 2. The fourth-order valence-corrected chi connectivity index (χ4v) is 2.56. The van der Waals surface area contributed by atoms with E-state index in [2.05, 4.69) is 9.97 Å². The first-order valence-electron chi connectivity index (χ1n) is 7.68. The fourth-order valence-electron chi connectivity index (χ4n) is 2.56. The van der Waals surface area contributed by atoms with Crippen molar-refractivity contribution >= 4 is 33.5 Å². The molecule has 0 radical (unpaired) electrons. The molecule has 31 heavy (non-hydrogen) atoms. The van der Waals surface area contributed by atoms with Crippen LogP contribution in [0.4, 0.5) is 0 Å². The summed E-state index contributed by atoms with van der Waals surface area (Å²) >= 11 is 0. The van der Waals surface area contributed by atoms with Gasteiger partial charge in [0.1, 0.15) is 0 Å². The normalized spacial score (nSPS) is 8.52. The number of pyridine rings is 2. The molecule has 0 aliphatic heterocycles. The second-order valence-corrected chi connectivity index (χ2v) is 5.34. The number of hydrogen-bond acceptors (Lipinski definition) is 6. The van der Waals surface area contributed by atoms with Gasteiger partial charge in [0.25, 0.3) is 0 Å². The Bertz CT molecular complexity index is 1020. The van der Waals surface area contributed by atoms with Crippen molar-refractivity contribution in [3.05, 3.63) is 84.4 Å². The maximum atomic E-state index is 10.6. The largest absolute Gasteiger partial charge is 2.00 e. The van der Waals surface area contributed by atoms with Crippen LogP contribution in [0.25, 0.3) is 21.5 Å². The molecular formula is C20H22FeN2O8+2. The average Bonchev–Trinajstić information content (AvgIpc) is 2.67. The number of benzene rings is 2. The van der Waals surface area contributed by atoms with E-state index in [0.29, 0.717) is 10.8 Å². The van der Waals surface area contributed by atoms with E-state index < -0.39 is 11.9 Å². The number of carbonyl (C=O) groups is 2. The molecule has 4 rings (SSSR count). The SMILES string of the molecule is O.O.O=C([O-])c1nccc2ccccc12.O=C([O-])c1nccc2ccccc12.[Fe+2].[OH3+].[OH3+]. The predicted molar refractivity (Wildman–Crippen MR) is 109 cm³/mol. The maximum absolute atomic E-state index is 10.6. The molecular weight excluding hydrogens is 452 g/mol. The molecule has 0 saturated carbocycles. The van der Waals surface area contributed by atoms with Crippen molar-refractivity contribution in [2.45, 2.75) is 0 Å². The third kappa shape index (κ3) is 7.39. The number of carbonyl (C=O) groups excluding carboxylic acids is 2. The molecule has 0 unspecified atom stereocenters. The van der Waals surface area contributed by atoms with Gasteiger partial charge < -0.3 is 41.7 Å². The molecule has 10 N–H and O–H groups in total. The van der Waals surface area contributed by atoms with Gasteiger partial charge in [-0.2, -0.15) is 0 Å². The van der Waals surface area contributed by atoms with Crippen LogP contribution >= 0.6 is 0 Å². The Balaban J connectivity index is -0.000000436. The Morgan fingerprint density at radius 2 is 0.935 bits per heavy atom. The summed E-state index contributed by atoms with van der Waals surface area (Å²) in [6.07, 6.45) is 2.93. The molecule has 0 saturated heterocycles. The van der Waals surface area contributed by atoms with Gasteiger partial charge in [-0.15, -0.1) is 0 Å². The molecule has 166 valence electrons. The van der Waals surface area contributed by atoms with E-state index in [4.69, 9.17) is 0 Å². The van der Waals surface area contributed by atoms with Gasteiger partial charge in [0.05, 0.1) is 23.3 Å². The summed E-state index contributed by atoms with van der Waals surface area (Å²) < 4.78 is 0. The van der Waals surface area contributed by atoms with Crippen LogP contribution in [0.1, 0.15) is 21.0 Å². The van der Waals surface area contributed by atoms with Crippen LogP contribution in [0.3, 0.4) is 0 Å². The van der Waals surface area contributed by atoms with Crippen LogP contribution < -0.4 is 10.2 Å². The quantitative estimate of drug-likeness (QED) is 0.228. The van der Waals surface area contributed by atoms with Gasteiger partial charge in [-0.3, -0.25) is 9.97 Å². The molecule has 0 fully saturated rings. The molecule has 0 amide bonds. The molecule has 11 heteroatoms. The van der Waals surface area contributed by atoms with Crippen LogP contribution in [0.15, 0.2) is 73.1 Å². The molecule has 2 heterocycles. The Hall–Kier alpha value is -3.44. The van der Waals surface area contributed by atoms with Crippen LogP contribution in [-0.4, -0.2) is 32.9 Å². The van der Waals surface area contributed by atoms with Gasteiger partial charge in [0, 0.05) is 23.2 Å². The van der Waals surface area contributed by atoms with Gasteiger partial charge >= 0.3 is 17.1 Å². The van der Waals surface area contributed by atoms with Crippen molar-refractivity contribution in [2.24, 2.45) is 0 Å². The summed E-state index contributed by atoms with van der Waals surface area (Å²) in [5, 5.41) is 24.2. The zero-order valence-corrected chi connectivity index (χ0v) is 17.1. The van der Waals surface area contributed by atoms with Crippen molar-refractivity contribution in [3.8, 4) is 0 Å². The summed E-state index contributed by atoms with van der Waals surface area (Å²) in [4.78, 5) is 28.8. The monoisotopic (exact) mass is 474 g/mol. The Morgan fingerprint density at radius 1 is 0.613 bits per heavy atom. The number of carboxylic acids is 2. The molecule has 0 bridgehead atoms. The molecule has 4 aromatic rings. The van der Waals surface area contributed by atoms with Crippen LogP contribution in [0.5, 0.6) is 0 Å². The topological polar surface area (TPSA) is 235 Å². The van der Waals surface area contributed by atoms with E-state index >= 15 is 0 Å². The summed E-state index contributed by atoms with van der Waals surface area (Å²) in [6.45, 7) is 0. The van der Waals surface area contributed by atoms with E-state index in [0.717, 1.165) is 10.8 Å². The Morgan fingerprint density at radius 3 is 1.26 bits per heavy atom. The first-order valence-corrected chi connectivity index (χ1v) is 7.68. The van der Waals surface area contributed by atoms with Gasteiger partial charge in [0.2, 0.25) is 0 Å². The third-order valence-electron chi connectivity index (χ3n) is 3.73. The van der Waals surface area contributed by atoms with Crippen molar-refractivity contribution < 1.29 is 58.8 Å². The van der Waals surface area contributed by atoms with Gasteiger partial charge in [-0.05, 0) is 22.9 Å². The van der Waals surface area contributed by atoms with Crippen molar-refractivity contribution in [1.82, 2.24) is 9.97 Å². The van der Waals surface area contributed by atoms with Crippen LogP contribution in [0.2, 0.25) is 0 Å².